The number of anilines is 1. The lowest BCUT2D eigenvalue weighted by molar-refractivity contribution is 0.0644. The van der Waals surface area contributed by atoms with Crippen molar-refractivity contribution < 1.29 is 23.7 Å². The monoisotopic (exact) mass is 359 g/mol. The number of methoxy groups -OCH3 is 3. The first-order valence-electron chi connectivity index (χ1n) is 8.30. The second kappa shape index (κ2) is 9.10. The molecule has 1 N–H and O–H groups in total. The second-order valence-corrected chi connectivity index (χ2v) is 5.91. The minimum atomic E-state index is -0.259. The fraction of sp³-hybridized carbons (Fsp3) is 0.350. The van der Waals surface area contributed by atoms with Gasteiger partial charge in [0.05, 0.1) is 39.7 Å². The first kappa shape index (κ1) is 19.6. The Morgan fingerprint density at radius 3 is 2.27 bits per heavy atom. The average Bonchev–Trinajstić information content (AvgIpc) is 2.65. The van der Waals surface area contributed by atoms with Crippen LogP contribution in [0.15, 0.2) is 36.4 Å². The van der Waals surface area contributed by atoms with Crippen molar-refractivity contribution in [3.05, 3.63) is 47.5 Å². The third-order valence-corrected chi connectivity index (χ3v) is 3.77. The van der Waals surface area contributed by atoms with E-state index in [1.807, 2.05) is 13.8 Å². The highest BCUT2D eigenvalue weighted by molar-refractivity contribution is 6.05. The van der Waals surface area contributed by atoms with Crippen molar-refractivity contribution in [2.45, 2.75) is 26.6 Å². The Morgan fingerprint density at radius 1 is 0.962 bits per heavy atom. The Labute approximate surface area is 154 Å². The molecule has 0 radical (unpaired) electrons. The van der Waals surface area contributed by atoms with E-state index in [4.69, 9.17) is 18.9 Å². The molecule has 6 heteroatoms. The lowest BCUT2D eigenvalue weighted by atomic mass is 10.1. The summed E-state index contributed by atoms with van der Waals surface area (Å²) in [5, 5.41) is 2.86. The number of hydrogen-bond acceptors (Lipinski definition) is 5. The summed E-state index contributed by atoms with van der Waals surface area (Å²) in [5.74, 6) is 1.60. The van der Waals surface area contributed by atoms with Crippen molar-refractivity contribution in [1.82, 2.24) is 0 Å². The van der Waals surface area contributed by atoms with Gasteiger partial charge in [0.25, 0.3) is 5.91 Å². The van der Waals surface area contributed by atoms with E-state index in [2.05, 4.69) is 5.32 Å². The zero-order chi connectivity index (χ0) is 19.1. The van der Waals surface area contributed by atoms with E-state index in [1.165, 1.54) is 0 Å². The Morgan fingerprint density at radius 2 is 1.65 bits per heavy atom. The largest absolute Gasteiger partial charge is 0.497 e. The highest BCUT2D eigenvalue weighted by Crippen LogP contribution is 2.30. The molecule has 0 fully saturated rings. The van der Waals surface area contributed by atoms with Crippen LogP contribution in [-0.2, 0) is 11.3 Å². The van der Waals surface area contributed by atoms with E-state index in [0.29, 0.717) is 35.1 Å². The van der Waals surface area contributed by atoms with Crippen molar-refractivity contribution in [3.63, 3.8) is 0 Å². The molecule has 0 aromatic heterocycles. The number of ether oxygens (including phenoxy) is 4. The van der Waals surface area contributed by atoms with Crippen LogP contribution in [0.5, 0.6) is 17.2 Å². The lowest BCUT2D eigenvalue weighted by Crippen LogP contribution is -2.14. The quantitative estimate of drug-likeness (QED) is 0.774. The molecule has 6 nitrogen and oxygen atoms in total. The molecule has 0 spiro atoms. The first-order chi connectivity index (χ1) is 12.5. The summed E-state index contributed by atoms with van der Waals surface area (Å²) in [4.78, 5) is 12.7. The summed E-state index contributed by atoms with van der Waals surface area (Å²) in [7, 11) is 4.71. The zero-order valence-corrected chi connectivity index (χ0v) is 15.8. The molecule has 0 heterocycles. The van der Waals surface area contributed by atoms with Gasteiger partial charge >= 0.3 is 0 Å². The average molecular weight is 359 g/mol. The summed E-state index contributed by atoms with van der Waals surface area (Å²) in [6.07, 6.45) is 0.0817. The van der Waals surface area contributed by atoms with Gasteiger partial charge < -0.3 is 24.3 Å². The van der Waals surface area contributed by atoms with E-state index in [-0.39, 0.29) is 12.0 Å². The van der Waals surface area contributed by atoms with Gasteiger partial charge in [-0.3, -0.25) is 4.79 Å². The molecular weight excluding hydrogens is 334 g/mol. The molecule has 2 aromatic rings. The summed E-state index contributed by atoms with van der Waals surface area (Å²) in [6, 6.07) is 10.5. The fourth-order valence-corrected chi connectivity index (χ4v) is 2.40. The van der Waals surface area contributed by atoms with Gasteiger partial charge in [0.2, 0.25) is 0 Å². The van der Waals surface area contributed by atoms with E-state index < -0.39 is 0 Å². The molecule has 2 aromatic carbocycles. The van der Waals surface area contributed by atoms with Crippen LogP contribution in [0.1, 0.15) is 29.8 Å². The minimum Gasteiger partial charge on any atom is -0.497 e. The SMILES string of the molecule is COc1ccc(OC)c(NC(=O)c2ccc(OC)c(COC(C)C)c2)c1. The third kappa shape index (κ3) is 4.89. The smallest absolute Gasteiger partial charge is 0.255 e. The maximum atomic E-state index is 12.7. The Bertz CT molecular complexity index is 758. The number of rotatable bonds is 8. The highest BCUT2D eigenvalue weighted by Gasteiger charge is 2.14. The molecule has 0 aliphatic carbocycles. The van der Waals surface area contributed by atoms with Gasteiger partial charge in [0.1, 0.15) is 17.2 Å². The van der Waals surface area contributed by atoms with Crippen LogP contribution < -0.4 is 19.5 Å². The van der Waals surface area contributed by atoms with Crippen molar-refractivity contribution in [2.75, 3.05) is 26.6 Å². The van der Waals surface area contributed by atoms with Gasteiger partial charge in [-0.2, -0.15) is 0 Å². The van der Waals surface area contributed by atoms with Gasteiger partial charge in [0.15, 0.2) is 0 Å². The van der Waals surface area contributed by atoms with Gasteiger partial charge in [-0.25, -0.2) is 0 Å². The summed E-state index contributed by atoms with van der Waals surface area (Å²) >= 11 is 0. The van der Waals surface area contributed by atoms with Gasteiger partial charge in [-0.1, -0.05) is 0 Å². The van der Waals surface area contributed by atoms with Gasteiger partial charge in [-0.15, -0.1) is 0 Å². The number of nitrogens with one attached hydrogen (secondary N) is 1. The number of benzene rings is 2. The molecule has 0 saturated heterocycles. The van der Waals surface area contributed by atoms with Crippen LogP contribution in [0.3, 0.4) is 0 Å². The standard InChI is InChI=1S/C20H25NO5/c1-13(2)26-12-15-10-14(6-8-18(15)24-4)20(22)21-17-11-16(23-3)7-9-19(17)25-5/h6-11,13H,12H2,1-5H3,(H,21,22). The van der Waals surface area contributed by atoms with Crippen LogP contribution in [0.25, 0.3) is 0 Å². The lowest BCUT2D eigenvalue weighted by Gasteiger charge is -2.14. The molecule has 0 saturated carbocycles. The molecule has 140 valence electrons. The van der Waals surface area contributed by atoms with Gasteiger partial charge in [-0.05, 0) is 44.2 Å². The van der Waals surface area contributed by atoms with Crippen LogP contribution in [0, 0.1) is 0 Å². The summed E-state index contributed by atoms with van der Waals surface area (Å²) in [5.41, 5.74) is 1.84. The number of carbonyl (C=O) groups is 1. The van der Waals surface area contributed by atoms with E-state index in [1.54, 1.807) is 57.7 Å². The van der Waals surface area contributed by atoms with Crippen molar-refractivity contribution in [1.29, 1.82) is 0 Å². The Hall–Kier alpha value is -2.73. The van der Waals surface area contributed by atoms with Crippen molar-refractivity contribution in [2.24, 2.45) is 0 Å². The second-order valence-electron chi connectivity index (χ2n) is 5.91. The maximum Gasteiger partial charge on any atom is 0.255 e. The molecule has 0 bridgehead atoms. The molecule has 26 heavy (non-hydrogen) atoms. The van der Waals surface area contributed by atoms with Crippen LogP contribution in [-0.4, -0.2) is 33.3 Å². The van der Waals surface area contributed by atoms with E-state index >= 15 is 0 Å². The van der Waals surface area contributed by atoms with Crippen molar-refractivity contribution in [3.8, 4) is 17.2 Å². The zero-order valence-electron chi connectivity index (χ0n) is 15.8. The number of hydrogen-bond donors (Lipinski definition) is 1. The van der Waals surface area contributed by atoms with E-state index in [0.717, 1.165) is 5.56 Å². The molecule has 1 amide bonds. The van der Waals surface area contributed by atoms with Crippen LogP contribution >= 0.6 is 0 Å². The maximum absolute atomic E-state index is 12.7. The summed E-state index contributed by atoms with van der Waals surface area (Å²) in [6.45, 7) is 4.28. The van der Waals surface area contributed by atoms with Gasteiger partial charge in [0, 0.05) is 17.2 Å². The minimum absolute atomic E-state index is 0.0817. The Balaban J connectivity index is 2.25. The molecule has 0 unspecified atom stereocenters. The number of amides is 1. The fourth-order valence-electron chi connectivity index (χ4n) is 2.40. The topological polar surface area (TPSA) is 66.0 Å². The molecule has 0 aliphatic heterocycles. The number of carbonyl (C=O) groups excluding carboxylic acids is 1. The molecular formula is C20H25NO5. The highest BCUT2D eigenvalue weighted by atomic mass is 16.5. The predicted octanol–water partition coefficient (Wildman–Crippen LogP) is 3.89. The molecule has 2 rings (SSSR count). The van der Waals surface area contributed by atoms with E-state index in [9.17, 15) is 4.79 Å². The molecule has 0 atom stereocenters. The summed E-state index contributed by atoms with van der Waals surface area (Å²) < 4.78 is 21.5. The molecule has 0 aliphatic rings. The third-order valence-electron chi connectivity index (χ3n) is 3.77. The van der Waals surface area contributed by atoms with Crippen molar-refractivity contribution >= 4 is 11.6 Å². The van der Waals surface area contributed by atoms with Crippen LogP contribution in [0.2, 0.25) is 0 Å². The Kier molecular flexibility index (Phi) is 6.86. The predicted molar refractivity (Wildman–Crippen MR) is 100 cm³/mol. The first-order valence-corrected chi connectivity index (χ1v) is 8.30. The normalized spacial score (nSPS) is 10.5. The van der Waals surface area contributed by atoms with Crippen LogP contribution in [0.4, 0.5) is 5.69 Å².